The monoisotopic (exact) mass is 176 g/mol. The molecule has 0 aromatic carbocycles. The first-order chi connectivity index (χ1) is 5.49. The number of carboxylic acid groups (broad SMARTS) is 1. The average Bonchev–Trinajstić information content (AvgIpc) is 1.98. The molecule has 0 aliphatic carbocycles. The molecular weight excluding hydrogens is 164 g/mol. The zero-order chi connectivity index (χ0) is 9.72. The van der Waals surface area contributed by atoms with Gasteiger partial charge in [0.1, 0.15) is 6.04 Å². The normalized spacial score (nSPS) is 14.9. The van der Waals surface area contributed by atoms with Crippen LogP contribution >= 0.6 is 0 Å². The summed E-state index contributed by atoms with van der Waals surface area (Å²) in [6.07, 6.45) is 0. The van der Waals surface area contributed by atoms with Gasteiger partial charge < -0.3 is 21.3 Å². The van der Waals surface area contributed by atoms with Crippen LogP contribution in [-0.4, -0.2) is 40.8 Å². The van der Waals surface area contributed by atoms with Gasteiger partial charge in [0.05, 0.1) is 12.6 Å². The molecule has 12 heavy (non-hydrogen) atoms. The van der Waals surface area contributed by atoms with Crippen LogP contribution in [0, 0.1) is 0 Å². The minimum atomic E-state index is -1.29. The first kappa shape index (κ1) is 10.9. The van der Waals surface area contributed by atoms with Crippen LogP contribution in [0.3, 0.4) is 0 Å². The molecule has 0 aliphatic heterocycles. The van der Waals surface area contributed by atoms with E-state index in [1.807, 2.05) is 0 Å². The van der Waals surface area contributed by atoms with Crippen LogP contribution in [0.1, 0.15) is 6.92 Å². The van der Waals surface area contributed by atoms with Gasteiger partial charge in [0.2, 0.25) is 5.91 Å². The van der Waals surface area contributed by atoms with Gasteiger partial charge in [-0.15, -0.1) is 0 Å². The van der Waals surface area contributed by atoms with Crippen LogP contribution in [0.25, 0.3) is 0 Å². The molecule has 0 radical (unpaired) electrons. The van der Waals surface area contributed by atoms with E-state index in [-0.39, 0.29) is 0 Å². The van der Waals surface area contributed by atoms with Gasteiger partial charge in [-0.3, -0.25) is 4.79 Å². The second-order valence-electron chi connectivity index (χ2n) is 2.37. The highest BCUT2D eigenvalue weighted by molar-refractivity contribution is 5.86. The fourth-order valence-electron chi connectivity index (χ4n) is 0.489. The number of hydrogen-bond donors (Lipinski definition) is 4. The smallest absolute Gasteiger partial charge is 0.328 e. The van der Waals surface area contributed by atoms with E-state index >= 15 is 0 Å². The highest BCUT2D eigenvalue weighted by Crippen LogP contribution is 1.84. The maximum absolute atomic E-state index is 10.8. The molecule has 0 unspecified atom stereocenters. The lowest BCUT2D eigenvalue weighted by Gasteiger charge is -2.12. The maximum atomic E-state index is 10.8. The number of carbonyl (C=O) groups is 2. The van der Waals surface area contributed by atoms with Gasteiger partial charge in [-0.1, -0.05) is 0 Å². The number of hydrogen-bond acceptors (Lipinski definition) is 4. The summed E-state index contributed by atoms with van der Waals surface area (Å²) in [5.41, 5.74) is 5.15. The highest BCUT2D eigenvalue weighted by Gasteiger charge is 2.19. The minimum absolute atomic E-state index is 0.601. The SMILES string of the molecule is C[C@@H](N)C(=O)N[C@H](CO)C(=O)O. The number of aliphatic hydroxyl groups is 1. The molecular formula is C6H12N2O4. The summed E-state index contributed by atoms with van der Waals surface area (Å²) in [6, 6.07) is -2.05. The van der Waals surface area contributed by atoms with Gasteiger partial charge in [-0.05, 0) is 6.92 Å². The van der Waals surface area contributed by atoms with Crippen LogP contribution < -0.4 is 11.1 Å². The predicted octanol–water partition coefficient (Wildman–Crippen LogP) is -2.10. The van der Waals surface area contributed by atoms with E-state index in [0.29, 0.717) is 0 Å². The Hall–Kier alpha value is -1.14. The lowest BCUT2D eigenvalue weighted by Crippen LogP contribution is -2.48. The molecule has 0 aliphatic rings. The number of aliphatic hydroxyl groups excluding tert-OH is 1. The minimum Gasteiger partial charge on any atom is -0.480 e. The number of nitrogens with two attached hydrogens (primary N) is 1. The Morgan fingerprint density at radius 2 is 2.08 bits per heavy atom. The lowest BCUT2D eigenvalue weighted by molar-refractivity contribution is -0.143. The third-order valence-electron chi connectivity index (χ3n) is 1.21. The number of amides is 1. The molecule has 0 rings (SSSR count). The van der Waals surface area contributed by atoms with E-state index < -0.39 is 30.6 Å². The van der Waals surface area contributed by atoms with Crippen LogP contribution in [-0.2, 0) is 9.59 Å². The summed E-state index contributed by atoms with van der Waals surface area (Å²) in [5.74, 6) is -1.89. The highest BCUT2D eigenvalue weighted by atomic mass is 16.4. The van der Waals surface area contributed by atoms with E-state index in [1.165, 1.54) is 6.92 Å². The molecule has 0 bridgehead atoms. The standard InChI is InChI=1S/C6H12N2O4/c1-3(7)5(10)8-4(2-9)6(11)12/h3-4,9H,2,7H2,1H3,(H,8,10)(H,11,12)/t3-,4-/m1/s1. The van der Waals surface area contributed by atoms with Gasteiger partial charge in [0.25, 0.3) is 0 Å². The second-order valence-corrected chi connectivity index (χ2v) is 2.37. The van der Waals surface area contributed by atoms with Gasteiger partial charge in [-0.2, -0.15) is 0 Å². The molecule has 6 heteroatoms. The first-order valence-electron chi connectivity index (χ1n) is 3.38. The molecule has 2 atom stereocenters. The number of aliphatic carboxylic acids is 1. The summed E-state index contributed by atoms with van der Waals surface area (Å²) in [6.45, 7) is 0.777. The molecule has 6 nitrogen and oxygen atoms in total. The molecule has 0 saturated carbocycles. The van der Waals surface area contributed by atoms with Crippen molar-refractivity contribution in [2.24, 2.45) is 5.73 Å². The third kappa shape index (κ3) is 3.31. The number of carbonyl (C=O) groups excluding carboxylic acids is 1. The Morgan fingerprint density at radius 3 is 2.33 bits per heavy atom. The Bertz CT molecular complexity index is 180. The Kier molecular flexibility index (Phi) is 4.24. The van der Waals surface area contributed by atoms with Crippen molar-refractivity contribution in [2.75, 3.05) is 6.61 Å². The Labute approximate surface area is 69.4 Å². The molecule has 1 amide bonds. The molecule has 0 fully saturated rings. The van der Waals surface area contributed by atoms with Crippen molar-refractivity contribution in [3.63, 3.8) is 0 Å². The van der Waals surface area contributed by atoms with Gasteiger partial charge in [0, 0.05) is 0 Å². The number of rotatable bonds is 4. The fraction of sp³-hybridized carbons (Fsp3) is 0.667. The lowest BCUT2D eigenvalue weighted by atomic mass is 10.2. The Balaban J connectivity index is 4.03. The van der Waals surface area contributed by atoms with Crippen LogP contribution in [0.4, 0.5) is 0 Å². The largest absolute Gasteiger partial charge is 0.480 e. The second kappa shape index (κ2) is 4.68. The molecule has 0 heterocycles. The summed E-state index contributed by atoms with van der Waals surface area (Å²) in [4.78, 5) is 21.1. The zero-order valence-corrected chi connectivity index (χ0v) is 6.65. The molecule has 0 aromatic rings. The van der Waals surface area contributed by atoms with E-state index in [1.54, 1.807) is 0 Å². The van der Waals surface area contributed by atoms with Crippen LogP contribution in [0.5, 0.6) is 0 Å². The summed E-state index contributed by atoms with van der Waals surface area (Å²) in [7, 11) is 0. The van der Waals surface area contributed by atoms with Crippen molar-refractivity contribution in [3.05, 3.63) is 0 Å². The van der Waals surface area contributed by atoms with Crippen LogP contribution in [0.15, 0.2) is 0 Å². The van der Waals surface area contributed by atoms with Gasteiger partial charge in [0.15, 0.2) is 0 Å². The summed E-state index contributed by atoms with van der Waals surface area (Å²) < 4.78 is 0. The van der Waals surface area contributed by atoms with Crippen molar-refractivity contribution >= 4 is 11.9 Å². The summed E-state index contributed by atoms with van der Waals surface area (Å²) >= 11 is 0. The Morgan fingerprint density at radius 1 is 1.58 bits per heavy atom. The topological polar surface area (TPSA) is 113 Å². The van der Waals surface area contributed by atoms with E-state index in [2.05, 4.69) is 5.32 Å². The van der Waals surface area contributed by atoms with Crippen molar-refractivity contribution in [2.45, 2.75) is 19.0 Å². The number of carboxylic acids is 1. The van der Waals surface area contributed by atoms with E-state index in [0.717, 1.165) is 0 Å². The molecule has 0 saturated heterocycles. The van der Waals surface area contributed by atoms with Gasteiger partial charge in [-0.25, -0.2) is 4.79 Å². The van der Waals surface area contributed by atoms with Crippen molar-refractivity contribution in [1.82, 2.24) is 5.32 Å². The predicted molar refractivity (Wildman–Crippen MR) is 40.3 cm³/mol. The van der Waals surface area contributed by atoms with E-state index in [4.69, 9.17) is 15.9 Å². The zero-order valence-electron chi connectivity index (χ0n) is 6.65. The van der Waals surface area contributed by atoms with Crippen molar-refractivity contribution < 1.29 is 19.8 Å². The average molecular weight is 176 g/mol. The van der Waals surface area contributed by atoms with E-state index in [9.17, 15) is 9.59 Å². The first-order valence-corrected chi connectivity index (χ1v) is 3.38. The van der Waals surface area contributed by atoms with Crippen molar-refractivity contribution in [1.29, 1.82) is 0 Å². The van der Waals surface area contributed by atoms with Gasteiger partial charge >= 0.3 is 5.97 Å². The summed E-state index contributed by atoms with van der Waals surface area (Å²) in [5, 5.41) is 18.9. The quantitative estimate of drug-likeness (QED) is 0.392. The molecule has 0 spiro atoms. The van der Waals surface area contributed by atoms with Crippen molar-refractivity contribution in [3.8, 4) is 0 Å². The molecule has 5 N–H and O–H groups in total. The maximum Gasteiger partial charge on any atom is 0.328 e. The third-order valence-corrected chi connectivity index (χ3v) is 1.21. The molecule has 70 valence electrons. The van der Waals surface area contributed by atoms with Crippen LogP contribution in [0.2, 0.25) is 0 Å². The fourth-order valence-corrected chi connectivity index (χ4v) is 0.489. The number of nitrogens with one attached hydrogen (secondary N) is 1. The molecule has 0 aromatic heterocycles.